The first kappa shape index (κ1) is 25.3. The van der Waals surface area contributed by atoms with Crippen LogP contribution in [0.2, 0.25) is 0 Å². The molecule has 196 valence electrons. The Balaban J connectivity index is 1.20. The monoisotopic (exact) mass is 484 g/mol. The zero-order valence-corrected chi connectivity index (χ0v) is 22.5. The summed E-state index contributed by atoms with van der Waals surface area (Å²) in [5.74, 6) is 3.96. The lowest BCUT2D eigenvalue weighted by Gasteiger charge is -2.58. The summed E-state index contributed by atoms with van der Waals surface area (Å²) in [6, 6.07) is 0.123. The van der Waals surface area contributed by atoms with Gasteiger partial charge >= 0.3 is 0 Å². The number of aliphatic hydroxyl groups excluding tert-OH is 1. The molecule has 0 bridgehead atoms. The molecule has 2 N–H and O–H groups in total. The van der Waals surface area contributed by atoms with Crippen molar-refractivity contribution in [2.75, 3.05) is 13.1 Å². The van der Waals surface area contributed by atoms with Crippen LogP contribution in [0, 0.1) is 40.4 Å². The van der Waals surface area contributed by atoms with Gasteiger partial charge in [0, 0.05) is 32.5 Å². The molecule has 5 heteroatoms. The molecule has 0 spiro atoms. The van der Waals surface area contributed by atoms with Crippen molar-refractivity contribution in [2.45, 2.75) is 110 Å². The maximum atomic E-state index is 12.9. The summed E-state index contributed by atoms with van der Waals surface area (Å²) in [5, 5.41) is 13.2. The molecule has 0 aromatic rings. The van der Waals surface area contributed by atoms with Gasteiger partial charge in [-0.15, -0.1) is 0 Å². The number of aliphatic hydroxyl groups is 1. The zero-order chi connectivity index (χ0) is 25.0. The molecule has 2 amide bonds. The van der Waals surface area contributed by atoms with E-state index >= 15 is 0 Å². The van der Waals surface area contributed by atoms with E-state index in [4.69, 9.17) is 0 Å². The number of fused-ring (bicyclic) bond motifs is 5. The van der Waals surface area contributed by atoms with E-state index in [9.17, 15) is 14.7 Å². The highest BCUT2D eigenvalue weighted by Gasteiger charge is 2.59. The molecule has 5 nitrogen and oxygen atoms in total. The first-order chi connectivity index (χ1) is 16.6. The van der Waals surface area contributed by atoms with E-state index in [1.807, 2.05) is 4.90 Å². The van der Waals surface area contributed by atoms with Gasteiger partial charge in [0.15, 0.2) is 0 Å². The van der Waals surface area contributed by atoms with Crippen LogP contribution in [0.3, 0.4) is 0 Å². The number of hydrogen-bond acceptors (Lipinski definition) is 3. The quantitative estimate of drug-likeness (QED) is 0.535. The Labute approximate surface area is 212 Å². The van der Waals surface area contributed by atoms with E-state index in [-0.39, 0.29) is 24.0 Å². The molecule has 5 rings (SSSR count). The van der Waals surface area contributed by atoms with E-state index in [2.05, 4.69) is 32.2 Å². The average molecular weight is 485 g/mol. The normalized spacial score (nSPS) is 43.6. The molecule has 1 unspecified atom stereocenters. The van der Waals surface area contributed by atoms with Gasteiger partial charge in [-0.25, -0.2) is 0 Å². The Morgan fingerprint density at radius 2 is 1.94 bits per heavy atom. The van der Waals surface area contributed by atoms with Gasteiger partial charge < -0.3 is 15.3 Å². The second-order valence-electron chi connectivity index (χ2n) is 13.4. The Morgan fingerprint density at radius 3 is 2.71 bits per heavy atom. The second kappa shape index (κ2) is 9.50. The SMILES string of the molecule is CC(=O)N[C@H]1CCN(C(=O)CCC(C)[C@H]2CC[C@H]3[C@@H]4CC=C5C[C@@H](O)CC[C@]5(C)[C@H]4CC[C@]23C)C1. The number of carbonyl (C=O) groups is 2. The van der Waals surface area contributed by atoms with Crippen LogP contribution in [-0.4, -0.2) is 47.1 Å². The van der Waals surface area contributed by atoms with Crippen molar-refractivity contribution in [2.24, 2.45) is 40.4 Å². The number of likely N-dealkylation sites (tertiary alicyclic amines) is 1. The molecule has 35 heavy (non-hydrogen) atoms. The molecule has 1 heterocycles. The van der Waals surface area contributed by atoms with Crippen LogP contribution in [0.15, 0.2) is 11.6 Å². The maximum Gasteiger partial charge on any atom is 0.222 e. The molecular formula is C30H48N2O3. The van der Waals surface area contributed by atoms with Crippen molar-refractivity contribution in [3.63, 3.8) is 0 Å². The third-order valence-electron chi connectivity index (χ3n) is 11.6. The van der Waals surface area contributed by atoms with Crippen molar-refractivity contribution in [1.29, 1.82) is 0 Å². The van der Waals surface area contributed by atoms with Crippen LogP contribution in [0.25, 0.3) is 0 Å². The summed E-state index contributed by atoms with van der Waals surface area (Å²) in [6.07, 6.45) is 14.5. The fourth-order valence-corrected chi connectivity index (χ4v) is 9.72. The summed E-state index contributed by atoms with van der Waals surface area (Å²) < 4.78 is 0. The van der Waals surface area contributed by atoms with Crippen molar-refractivity contribution < 1.29 is 14.7 Å². The topological polar surface area (TPSA) is 69.6 Å². The minimum absolute atomic E-state index is 0.00331. The third-order valence-corrected chi connectivity index (χ3v) is 11.6. The molecule has 0 aromatic heterocycles. The minimum Gasteiger partial charge on any atom is -0.393 e. The molecular weight excluding hydrogens is 436 g/mol. The number of hydrogen-bond donors (Lipinski definition) is 2. The summed E-state index contributed by atoms with van der Waals surface area (Å²) in [5.41, 5.74) is 2.28. The van der Waals surface area contributed by atoms with Crippen LogP contribution < -0.4 is 5.32 Å². The zero-order valence-electron chi connectivity index (χ0n) is 22.5. The summed E-state index contributed by atoms with van der Waals surface area (Å²) in [7, 11) is 0. The van der Waals surface area contributed by atoms with Gasteiger partial charge in [-0.05, 0) is 105 Å². The first-order valence-electron chi connectivity index (χ1n) is 14.5. The molecule has 4 aliphatic carbocycles. The lowest BCUT2D eigenvalue weighted by Crippen LogP contribution is -2.50. The standard InChI is InChI=1S/C30H48N2O3/c1-19(5-10-28(35)32-16-13-22(18-32)31-20(2)33)25-8-9-26-24-7-6-21-17-23(34)11-14-29(21,3)27(24)12-15-30(25,26)4/h6,19,22-27,34H,5,7-18H2,1-4H3,(H,31,33)/t19?,22-,23-,24-,25+,26-,27-,29-,30+/m0/s1. The van der Waals surface area contributed by atoms with Crippen LogP contribution in [0.1, 0.15) is 98.3 Å². The average Bonchev–Trinajstić information content (AvgIpc) is 3.41. The number of allylic oxidation sites excluding steroid dienone is 1. The van der Waals surface area contributed by atoms with E-state index in [0.29, 0.717) is 29.7 Å². The molecule has 5 aliphatic rings. The van der Waals surface area contributed by atoms with Crippen LogP contribution in [-0.2, 0) is 9.59 Å². The molecule has 9 atom stereocenters. The van der Waals surface area contributed by atoms with E-state index in [1.54, 1.807) is 12.5 Å². The third kappa shape index (κ3) is 4.49. The van der Waals surface area contributed by atoms with Gasteiger partial charge in [0.1, 0.15) is 0 Å². The predicted octanol–water partition coefficient (Wildman–Crippen LogP) is 5.08. The van der Waals surface area contributed by atoms with Crippen molar-refractivity contribution in [1.82, 2.24) is 10.2 Å². The first-order valence-corrected chi connectivity index (χ1v) is 14.5. The highest BCUT2D eigenvalue weighted by Crippen LogP contribution is 2.67. The van der Waals surface area contributed by atoms with E-state index in [1.165, 1.54) is 32.1 Å². The highest BCUT2D eigenvalue weighted by atomic mass is 16.3. The molecule has 1 saturated heterocycles. The van der Waals surface area contributed by atoms with Gasteiger partial charge in [0.25, 0.3) is 0 Å². The van der Waals surface area contributed by atoms with Gasteiger partial charge in [0.05, 0.1) is 6.10 Å². The van der Waals surface area contributed by atoms with Gasteiger partial charge in [0.2, 0.25) is 11.8 Å². The Morgan fingerprint density at radius 1 is 1.14 bits per heavy atom. The predicted molar refractivity (Wildman–Crippen MR) is 138 cm³/mol. The Hall–Kier alpha value is -1.36. The fourth-order valence-electron chi connectivity index (χ4n) is 9.72. The van der Waals surface area contributed by atoms with Crippen molar-refractivity contribution in [3.05, 3.63) is 11.6 Å². The lowest BCUT2D eigenvalue weighted by atomic mass is 9.47. The van der Waals surface area contributed by atoms with E-state index in [0.717, 1.165) is 62.3 Å². The number of nitrogens with one attached hydrogen (secondary N) is 1. The smallest absolute Gasteiger partial charge is 0.222 e. The summed E-state index contributed by atoms with van der Waals surface area (Å²) in [6.45, 7) is 10.5. The van der Waals surface area contributed by atoms with E-state index < -0.39 is 0 Å². The fraction of sp³-hybridized carbons (Fsp3) is 0.867. The number of amides is 2. The summed E-state index contributed by atoms with van der Waals surface area (Å²) >= 11 is 0. The van der Waals surface area contributed by atoms with Crippen LogP contribution in [0.4, 0.5) is 0 Å². The summed E-state index contributed by atoms with van der Waals surface area (Å²) in [4.78, 5) is 26.2. The van der Waals surface area contributed by atoms with Gasteiger partial charge in [-0.2, -0.15) is 0 Å². The van der Waals surface area contributed by atoms with Crippen molar-refractivity contribution >= 4 is 11.8 Å². The molecule has 3 saturated carbocycles. The highest BCUT2D eigenvalue weighted by molar-refractivity contribution is 5.77. The Bertz CT molecular complexity index is 870. The second-order valence-corrected chi connectivity index (χ2v) is 13.4. The number of nitrogens with zero attached hydrogens (tertiary/aromatic N) is 1. The molecule has 4 fully saturated rings. The van der Waals surface area contributed by atoms with Gasteiger partial charge in [-0.1, -0.05) is 32.4 Å². The Kier molecular flexibility index (Phi) is 6.87. The lowest BCUT2D eigenvalue weighted by molar-refractivity contribution is -0.131. The number of carbonyl (C=O) groups excluding carboxylic acids is 2. The molecule has 0 radical (unpaired) electrons. The molecule has 0 aromatic carbocycles. The van der Waals surface area contributed by atoms with Crippen molar-refractivity contribution in [3.8, 4) is 0 Å². The largest absolute Gasteiger partial charge is 0.393 e. The minimum atomic E-state index is -0.129. The van der Waals surface area contributed by atoms with Crippen LogP contribution >= 0.6 is 0 Å². The maximum absolute atomic E-state index is 12.9. The number of rotatable bonds is 5. The molecule has 1 aliphatic heterocycles. The van der Waals surface area contributed by atoms with Crippen LogP contribution in [0.5, 0.6) is 0 Å². The van der Waals surface area contributed by atoms with Gasteiger partial charge in [-0.3, -0.25) is 9.59 Å².